The molecule has 0 spiro atoms. The van der Waals surface area contributed by atoms with E-state index in [9.17, 15) is 9.18 Å². The topological polar surface area (TPSA) is 74.8 Å². The van der Waals surface area contributed by atoms with Gasteiger partial charge in [-0.15, -0.1) is 24.0 Å². The number of benzene rings is 1. The first-order valence-corrected chi connectivity index (χ1v) is 9.70. The molecule has 2 aliphatic carbocycles. The summed E-state index contributed by atoms with van der Waals surface area (Å²) in [5.74, 6) is 0.981. The first kappa shape index (κ1) is 22.7. The summed E-state index contributed by atoms with van der Waals surface area (Å²) in [4.78, 5) is 16.0. The predicted molar refractivity (Wildman–Crippen MR) is 119 cm³/mol. The number of halogens is 2. The molecule has 3 N–H and O–H groups in total. The van der Waals surface area contributed by atoms with Gasteiger partial charge in [-0.3, -0.25) is 4.99 Å². The van der Waals surface area contributed by atoms with Gasteiger partial charge in [0.05, 0.1) is 12.6 Å². The lowest BCUT2D eigenvalue weighted by molar-refractivity contribution is 0.146. The van der Waals surface area contributed by atoms with Gasteiger partial charge in [-0.1, -0.05) is 12.1 Å². The number of nitrogens with one attached hydrogen (secondary N) is 3. The molecule has 28 heavy (non-hydrogen) atoms. The summed E-state index contributed by atoms with van der Waals surface area (Å²) in [6.45, 7) is 3.45. The van der Waals surface area contributed by atoms with Crippen molar-refractivity contribution in [3.8, 4) is 0 Å². The maximum atomic E-state index is 13.5. The van der Waals surface area contributed by atoms with Crippen molar-refractivity contribution in [1.29, 1.82) is 0 Å². The molecule has 8 heteroatoms. The molecule has 1 amide bonds. The number of hydrogen-bond acceptors (Lipinski definition) is 3. The zero-order chi connectivity index (χ0) is 19.3. The van der Waals surface area contributed by atoms with Crippen LogP contribution in [0.2, 0.25) is 0 Å². The fraction of sp³-hybridized carbons (Fsp3) is 0.600. The van der Waals surface area contributed by atoms with E-state index in [1.54, 1.807) is 26.1 Å². The Hall–Kier alpha value is -1.58. The van der Waals surface area contributed by atoms with Crippen LogP contribution in [0.4, 0.5) is 9.18 Å². The molecule has 1 aromatic carbocycles. The standard InChI is InChI=1S/C20H29FN4O2.HI/c1-3-27-19(26)25-17(14-7-8-14)12-23-18(22-2)24-13-20(9-10-20)15-5-4-6-16(21)11-15;/h4-6,11,14,17H,3,7-10,12-13H2,1-2H3,(H,25,26)(H2,22,23,24);1H. The van der Waals surface area contributed by atoms with Crippen LogP contribution in [0, 0.1) is 11.7 Å². The van der Waals surface area contributed by atoms with Gasteiger partial charge in [0.25, 0.3) is 0 Å². The number of ether oxygens (including phenoxy) is 1. The second-order valence-corrected chi connectivity index (χ2v) is 7.41. The average molecular weight is 504 g/mol. The zero-order valence-corrected chi connectivity index (χ0v) is 18.8. The molecular weight excluding hydrogens is 474 g/mol. The maximum Gasteiger partial charge on any atom is 0.407 e. The van der Waals surface area contributed by atoms with Crippen molar-refractivity contribution in [2.45, 2.75) is 44.1 Å². The highest BCUT2D eigenvalue weighted by Crippen LogP contribution is 2.47. The van der Waals surface area contributed by atoms with Gasteiger partial charge in [0, 0.05) is 25.6 Å². The first-order valence-electron chi connectivity index (χ1n) is 9.70. The first-order chi connectivity index (χ1) is 13.1. The van der Waals surface area contributed by atoms with Crippen molar-refractivity contribution in [2.75, 3.05) is 26.7 Å². The number of alkyl carbamates (subject to hydrolysis) is 1. The Morgan fingerprint density at radius 3 is 2.68 bits per heavy atom. The van der Waals surface area contributed by atoms with Crippen LogP contribution >= 0.6 is 24.0 Å². The molecule has 0 aromatic heterocycles. The Morgan fingerprint density at radius 1 is 1.36 bits per heavy atom. The third-order valence-electron chi connectivity index (χ3n) is 5.37. The van der Waals surface area contributed by atoms with Gasteiger partial charge >= 0.3 is 6.09 Å². The number of aliphatic imine (C=N–C) groups is 1. The van der Waals surface area contributed by atoms with Gasteiger partial charge < -0.3 is 20.7 Å². The molecule has 0 aliphatic heterocycles. The van der Waals surface area contributed by atoms with Gasteiger partial charge in [0.1, 0.15) is 5.82 Å². The number of carbonyl (C=O) groups is 1. The Bertz CT molecular complexity index is 693. The summed E-state index contributed by atoms with van der Waals surface area (Å²) in [5, 5.41) is 9.58. The molecule has 2 saturated carbocycles. The van der Waals surface area contributed by atoms with E-state index in [1.165, 1.54) is 6.07 Å². The van der Waals surface area contributed by atoms with Crippen molar-refractivity contribution in [3.63, 3.8) is 0 Å². The lowest BCUT2D eigenvalue weighted by Crippen LogP contribution is -2.49. The summed E-state index contributed by atoms with van der Waals surface area (Å²) < 4.78 is 18.5. The fourth-order valence-corrected chi connectivity index (χ4v) is 3.38. The van der Waals surface area contributed by atoms with Crippen LogP contribution in [0.15, 0.2) is 29.3 Å². The van der Waals surface area contributed by atoms with E-state index in [0.717, 1.165) is 31.2 Å². The van der Waals surface area contributed by atoms with Crippen LogP contribution in [0.25, 0.3) is 0 Å². The molecule has 156 valence electrons. The number of hydrogen-bond donors (Lipinski definition) is 3. The van der Waals surface area contributed by atoms with Crippen LogP contribution in [0.3, 0.4) is 0 Å². The summed E-state index contributed by atoms with van der Waals surface area (Å²) in [6, 6.07) is 6.87. The fourth-order valence-electron chi connectivity index (χ4n) is 3.38. The van der Waals surface area contributed by atoms with Crippen LogP contribution in [-0.4, -0.2) is 44.8 Å². The van der Waals surface area contributed by atoms with E-state index < -0.39 is 0 Å². The molecular formula is C20H30FIN4O2. The van der Waals surface area contributed by atoms with E-state index >= 15 is 0 Å². The van der Waals surface area contributed by atoms with Crippen LogP contribution in [-0.2, 0) is 10.2 Å². The van der Waals surface area contributed by atoms with Gasteiger partial charge in [-0.2, -0.15) is 0 Å². The van der Waals surface area contributed by atoms with E-state index in [0.29, 0.717) is 31.6 Å². The average Bonchev–Trinajstić information content (AvgIpc) is 3.55. The monoisotopic (exact) mass is 504 g/mol. The molecule has 3 rings (SSSR count). The smallest absolute Gasteiger partial charge is 0.407 e. The highest BCUT2D eigenvalue weighted by Gasteiger charge is 2.44. The Morgan fingerprint density at radius 2 is 2.11 bits per heavy atom. The molecule has 2 aliphatic rings. The van der Waals surface area contributed by atoms with Crippen molar-refractivity contribution in [1.82, 2.24) is 16.0 Å². The summed E-state index contributed by atoms with van der Waals surface area (Å²) in [5.41, 5.74) is 1.02. The van der Waals surface area contributed by atoms with Crippen LogP contribution < -0.4 is 16.0 Å². The molecule has 0 bridgehead atoms. The second-order valence-electron chi connectivity index (χ2n) is 7.41. The van der Waals surface area contributed by atoms with E-state index in [1.807, 2.05) is 6.07 Å². The Labute approximate surface area is 183 Å². The third kappa shape index (κ3) is 6.22. The quantitative estimate of drug-likeness (QED) is 0.289. The van der Waals surface area contributed by atoms with Crippen molar-refractivity contribution >= 4 is 36.0 Å². The van der Waals surface area contributed by atoms with E-state index in [-0.39, 0.29) is 47.3 Å². The summed E-state index contributed by atoms with van der Waals surface area (Å²) >= 11 is 0. The minimum atomic E-state index is -0.373. The van der Waals surface area contributed by atoms with Gasteiger partial charge in [-0.05, 0) is 56.2 Å². The number of carbonyl (C=O) groups excluding carboxylic acids is 1. The molecule has 0 radical (unpaired) electrons. The largest absolute Gasteiger partial charge is 0.450 e. The summed E-state index contributed by atoms with van der Waals surface area (Å²) in [6.07, 6.45) is 3.94. The second kappa shape index (κ2) is 10.3. The third-order valence-corrected chi connectivity index (χ3v) is 5.37. The van der Waals surface area contributed by atoms with Crippen molar-refractivity contribution in [2.24, 2.45) is 10.9 Å². The molecule has 1 aromatic rings. The molecule has 2 fully saturated rings. The van der Waals surface area contributed by atoms with Crippen LogP contribution in [0.5, 0.6) is 0 Å². The minimum absolute atomic E-state index is 0. The zero-order valence-electron chi connectivity index (χ0n) is 16.5. The normalized spacial score (nSPS) is 18.5. The molecule has 6 nitrogen and oxygen atoms in total. The van der Waals surface area contributed by atoms with E-state index in [2.05, 4.69) is 20.9 Å². The molecule has 1 atom stereocenters. The molecule has 1 unspecified atom stereocenters. The lowest BCUT2D eigenvalue weighted by atomic mass is 9.96. The summed E-state index contributed by atoms with van der Waals surface area (Å²) in [7, 11) is 1.72. The SMILES string of the molecule is CCOC(=O)NC(CNC(=NC)NCC1(c2cccc(F)c2)CC1)C1CC1.I. The molecule has 0 saturated heterocycles. The highest BCUT2D eigenvalue weighted by molar-refractivity contribution is 14.0. The van der Waals surface area contributed by atoms with E-state index in [4.69, 9.17) is 4.74 Å². The highest BCUT2D eigenvalue weighted by atomic mass is 127. The number of amides is 1. The van der Waals surface area contributed by atoms with Crippen LogP contribution in [0.1, 0.15) is 38.2 Å². The van der Waals surface area contributed by atoms with Gasteiger partial charge in [0.15, 0.2) is 5.96 Å². The number of nitrogens with zero attached hydrogens (tertiary/aromatic N) is 1. The Balaban J connectivity index is 0.00000280. The number of guanidine groups is 1. The van der Waals surface area contributed by atoms with Crippen molar-refractivity contribution in [3.05, 3.63) is 35.6 Å². The molecule has 0 heterocycles. The Kier molecular flexibility index (Phi) is 8.33. The maximum absolute atomic E-state index is 13.5. The number of rotatable bonds is 8. The minimum Gasteiger partial charge on any atom is -0.450 e. The predicted octanol–water partition coefficient (Wildman–Crippen LogP) is 3.17. The van der Waals surface area contributed by atoms with Gasteiger partial charge in [-0.25, -0.2) is 9.18 Å². The lowest BCUT2D eigenvalue weighted by Gasteiger charge is -2.22. The van der Waals surface area contributed by atoms with Gasteiger partial charge in [0.2, 0.25) is 0 Å². The van der Waals surface area contributed by atoms with Crippen molar-refractivity contribution < 1.29 is 13.9 Å².